The van der Waals surface area contributed by atoms with E-state index >= 15 is 0 Å². The standard InChI is InChI=1S/C14H27N5O/c1-12(15-9-10-20-3)13-16-17-18-19(13)11-14(2)7-5-4-6-8-14/h12,15H,4-11H2,1-3H3. The summed E-state index contributed by atoms with van der Waals surface area (Å²) in [7, 11) is 1.71. The Morgan fingerprint density at radius 1 is 1.35 bits per heavy atom. The summed E-state index contributed by atoms with van der Waals surface area (Å²) in [4.78, 5) is 0. The van der Waals surface area contributed by atoms with Gasteiger partial charge in [-0.3, -0.25) is 0 Å². The Balaban J connectivity index is 1.97. The monoisotopic (exact) mass is 281 g/mol. The number of nitrogens with zero attached hydrogens (tertiary/aromatic N) is 4. The summed E-state index contributed by atoms with van der Waals surface area (Å²) in [6.07, 6.45) is 6.58. The molecule has 1 saturated carbocycles. The molecule has 1 aromatic heterocycles. The first-order valence-corrected chi connectivity index (χ1v) is 7.63. The van der Waals surface area contributed by atoms with E-state index in [1.54, 1.807) is 7.11 Å². The van der Waals surface area contributed by atoms with Crippen LogP contribution in [0.5, 0.6) is 0 Å². The van der Waals surface area contributed by atoms with Crippen LogP contribution in [0.3, 0.4) is 0 Å². The number of methoxy groups -OCH3 is 1. The van der Waals surface area contributed by atoms with Crippen molar-refractivity contribution in [3.8, 4) is 0 Å². The molecule has 0 amide bonds. The third kappa shape index (κ3) is 3.99. The van der Waals surface area contributed by atoms with Gasteiger partial charge in [-0.15, -0.1) is 5.10 Å². The molecular formula is C14H27N5O. The summed E-state index contributed by atoms with van der Waals surface area (Å²) in [6.45, 7) is 6.89. The first-order valence-electron chi connectivity index (χ1n) is 7.63. The van der Waals surface area contributed by atoms with E-state index in [4.69, 9.17) is 4.74 Å². The van der Waals surface area contributed by atoms with Crippen molar-refractivity contribution in [1.82, 2.24) is 25.5 Å². The minimum Gasteiger partial charge on any atom is -0.383 e. The van der Waals surface area contributed by atoms with E-state index < -0.39 is 0 Å². The molecule has 1 heterocycles. The summed E-state index contributed by atoms with van der Waals surface area (Å²) in [5.41, 5.74) is 0.342. The van der Waals surface area contributed by atoms with Crippen molar-refractivity contribution in [1.29, 1.82) is 0 Å². The van der Waals surface area contributed by atoms with Gasteiger partial charge in [0.05, 0.1) is 19.2 Å². The molecule has 1 N–H and O–H groups in total. The van der Waals surface area contributed by atoms with E-state index in [0.717, 1.165) is 18.9 Å². The molecule has 6 nitrogen and oxygen atoms in total. The number of hydrogen-bond acceptors (Lipinski definition) is 5. The summed E-state index contributed by atoms with van der Waals surface area (Å²) >= 11 is 0. The van der Waals surface area contributed by atoms with E-state index in [2.05, 4.69) is 34.7 Å². The lowest BCUT2D eigenvalue weighted by atomic mass is 9.76. The van der Waals surface area contributed by atoms with Crippen LogP contribution in [0.2, 0.25) is 0 Å². The van der Waals surface area contributed by atoms with Gasteiger partial charge < -0.3 is 10.1 Å². The fourth-order valence-corrected chi connectivity index (χ4v) is 3.03. The van der Waals surface area contributed by atoms with Gasteiger partial charge in [0.15, 0.2) is 5.82 Å². The van der Waals surface area contributed by atoms with Crippen LogP contribution in [0, 0.1) is 5.41 Å². The minimum atomic E-state index is 0.146. The Kier molecular flexibility index (Phi) is 5.48. The Morgan fingerprint density at radius 3 is 2.80 bits per heavy atom. The molecular weight excluding hydrogens is 254 g/mol. The zero-order valence-corrected chi connectivity index (χ0v) is 12.9. The predicted molar refractivity (Wildman–Crippen MR) is 77.3 cm³/mol. The average Bonchev–Trinajstić information content (AvgIpc) is 2.87. The molecule has 1 unspecified atom stereocenters. The van der Waals surface area contributed by atoms with Gasteiger partial charge in [-0.25, -0.2) is 4.68 Å². The molecule has 0 aromatic carbocycles. The Morgan fingerprint density at radius 2 is 2.10 bits per heavy atom. The number of hydrogen-bond donors (Lipinski definition) is 1. The van der Waals surface area contributed by atoms with E-state index in [1.165, 1.54) is 32.1 Å². The lowest BCUT2D eigenvalue weighted by Gasteiger charge is -2.33. The lowest BCUT2D eigenvalue weighted by molar-refractivity contribution is 0.169. The second-order valence-electron chi connectivity index (χ2n) is 6.23. The fraction of sp³-hybridized carbons (Fsp3) is 0.929. The molecule has 6 heteroatoms. The maximum atomic E-state index is 5.06. The molecule has 0 aliphatic heterocycles. The molecule has 1 aliphatic rings. The van der Waals surface area contributed by atoms with Gasteiger partial charge in [-0.2, -0.15) is 0 Å². The van der Waals surface area contributed by atoms with Gasteiger partial charge in [0, 0.05) is 13.7 Å². The maximum Gasteiger partial charge on any atom is 0.167 e. The van der Waals surface area contributed by atoms with Crippen LogP contribution >= 0.6 is 0 Å². The summed E-state index contributed by atoms with van der Waals surface area (Å²) < 4.78 is 7.04. The molecule has 20 heavy (non-hydrogen) atoms. The molecule has 0 bridgehead atoms. The van der Waals surface area contributed by atoms with Gasteiger partial charge in [0.25, 0.3) is 0 Å². The Hall–Kier alpha value is -1.01. The average molecular weight is 281 g/mol. The normalized spacial score (nSPS) is 19.9. The molecule has 0 radical (unpaired) electrons. The quantitative estimate of drug-likeness (QED) is 0.774. The molecule has 1 atom stereocenters. The SMILES string of the molecule is COCCNC(C)c1nnnn1CC1(C)CCCCC1. The lowest BCUT2D eigenvalue weighted by Crippen LogP contribution is -2.30. The number of nitrogens with one attached hydrogen (secondary N) is 1. The molecule has 1 aliphatic carbocycles. The van der Waals surface area contributed by atoms with Crippen LogP contribution in [0.4, 0.5) is 0 Å². The zero-order chi connectivity index (χ0) is 14.4. The van der Waals surface area contributed by atoms with Crippen molar-refractivity contribution in [2.45, 2.75) is 58.5 Å². The first-order chi connectivity index (χ1) is 9.64. The first kappa shape index (κ1) is 15.4. The van der Waals surface area contributed by atoms with Gasteiger partial charge in [-0.1, -0.05) is 26.2 Å². The van der Waals surface area contributed by atoms with Gasteiger partial charge >= 0.3 is 0 Å². The number of rotatable bonds is 7. The molecule has 2 rings (SSSR count). The molecule has 1 aromatic rings. The van der Waals surface area contributed by atoms with Gasteiger partial charge in [-0.05, 0) is 35.6 Å². The largest absolute Gasteiger partial charge is 0.383 e. The Bertz CT molecular complexity index is 400. The van der Waals surface area contributed by atoms with Gasteiger partial charge in [0.1, 0.15) is 0 Å². The highest BCUT2D eigenvalue weighted by molar-refractivity contribution is 4.91. The smallest absolute Gasteiger partial charge is 0.167 e. The molecule has 1 fully saturated rings. The van der Waals surface area contributed by atoms with Crippen LogP contribution in [-0.4, -0.2) is 40.5 Å². The topological polar surface area (TPSA) is 64.9 Å². The minimum absolute atomic E-state index is 0.146. The number of ether oxygens (including phenoxy) is 1. The predicted octanol–water partition coefficient (Wildman–Crippen LogP) is 1.94. The van der Waals surface area contributed by atoms with Crippen molar-refractivity contribution in [2.24, 2.45) is 5.41 Å². The van der Waals surface area contributed by atoms with E-state index in [-0.39, 0.29) is 6.04 Å². The Labute approximate surface area is 121 Å². The van der Waals surface area contributed by atoms with E-state index in [9.17, 15) is 0 Å². The molecule has 0 saturated heterocycles. The molecule has 114 valence electrons. The highest BCUT2D eigenvalue weighted by atomic mass is 16.5. The van der Waals surface area contributed by atoms with Crippen LogP contribution in [-0.2, 0) is 11.3 Å². The maximum absolute atomic E-state index is 5.06. The molecule has 0 spiro atoms. The fourth-order valence-electron chi connectivity index (χ4n) is 3.03. The number of aromatic nitrogens is 4. The third-order valence-corrected chi connectivity index (χ3v) is 4.30. The number of tetrazole rings is 1. The summed E-state index contributed by atoms with van der Waals surface area (Å²) in [5.74, 6) is 0.924. The van der Waals surface area contributed by atoms with E-state index in [0.29, 0.717) is 12.0 Å². The van der Waals surface area contributed by atoms with Crippen LogP contribution in [0.15, 0.2) is 0 Å². The third-order valence-electron chi connectivity index (χ3n) is 4.30. The van der Waals surface area contributed by atoms with Crippen LogP contribution in [0.1, 0.15) is 57.8 Å². The zero-order valence-electron chi connectivity index (χ0n) is 12.9. The highest BCUT2D eigenvalue weighted by Crippen LogP contribution is 2.37. The van der Waals surface area contributed by atoms with Crippen molar-refractivity contribution in [3.05, 3.63) is 5.82 Å². The van der Waals surface area contributed by atoms with Crippen LogP contribution < -0.4 is 5.32 Å². The van der Waals surface area contributed by atoms with Gasteiger partial charge in [0.2, 0.25) is 0 Å². The second kappa shape index (κ2) is 7.13. The van der Waals surface area contributed by atoms with Crippen molar-refractivity contribution in [2.75, 3.05) is 20.3 Å². The highest BCUT2D eigenvalue weighted by Gasteiger charge is 2.29. The van der Waals surface area contributed by atoms with E-state index in [1.807, 2.05) is 4.68 Å². The second-order valence-corrected chi connectivity index (χ2v) is 6.23. The van der Waals surface area contributed by atoms with Crippen molar-refractivity contribution >= 4 is 0 Å². The summed E-state index contributed by atoms with van der Waals surface area (Å²) in [5, 5.41) is 15.6. The van der Waals surface area contributed by atoms with Crippen molar-refractivity contribution in [3.63, 3.8) is 0 Å². The van der Waals surface area contributed by atoms with Crippen molar-refractivity contribution < 1.29 is 4.74 Å². The van der Waals surface area contributed by atoms with Crippen LogP contribution in [0.25, 0.3) is 0 Å². The summed E-state index contributed by atoms with van der Waals surface area (Å²) in [6, 6.07) is 0.146.